The van der Waals surface area contributed by atoms with Gasteiger partial charge in [0, 0.05) is 23.1 Å². The van der Waals surface area contributed by atoms with Crippen molar-refractivity contribution in [3.8, 4) is 0 Å². The van der Waals surface area contributed by atoms with Gasteiger partial charge in [0.25, 0.3) is 5.91 Å². The molecule has 0 aliphatic rings. The van der Waals surface area contributed by atoms with Crippen LogP contribution in [0.25, 0.3) is 0 Å². The Morgan fingerprint density at radius 2 is 2.16 bits per heavy atom. The molecule has 0 saturated heterocycles. The van der Waals surface area contributed by atoms with Crippen LogP contribution in [0.2, 0.25) is 5.02 Å². The third-order valence-electron chi connectivity index (χ3n) is 2.34. The van der Waals surface area contributed by atoms with Crippen molar-refractivity contribution in [3.05, 3.63) is 33.3 Å². The maximum Gasteiger partial charge on any atom is 0.323 e. The first-order valence-corrected chi connectivity index (χ1v) is 6.58. The van der Waals surface area contributed by atoms with Crippen LogP contribution in [-0.2, 0) is 9.53 Å². The molecule has 0 unspecified atom stereocenters. The minimum absolute atomic E-state index is 0.205. The molecule has 7 heteroatoms. The number of hydrogen-bond donors (Lipinski definition) is 1. The quantitative estimate of drug-likeness (QED) is 0.855. The maximum atomic E-state index is 12.3. The highest BCUT2D eigenvalue weighted by molar-refractivity contribution is 9.10. The summed E-state index contributed by atoms with van der Waals surface area (Å²) in [6.45, 7) is 0.0954. The SMILES string of the molecule is COCCN(CC(=O)O)C(=O)c1ccc(Cl)cc1Br. The number of rotatable bonds is 6. The smallest absolute Gasteiger partial charge is 0.323 e. The standard InChI is InChI=1S/C12H13BrClNO4/c1-19-5-4-15(7-11(16)17)12(18)9-3-2-8(14)6-10(9)13/h2-3,6H,4-5,7H2,1H3,(H,16,17). The summed E-state index contributed by atoms with van der Waals surface area (Å²) in [6, 6.07) is 4.72. The van der Waals surface area contributed by atoms with Crippen LogP contribution in [-0.4, -0.2) is 48.7 Å². The van der Waals surface area contributed by atoms with E-state index in [4.69, 9.17) is 21.4 Å². The zero-order chi connectivity index (χ0) is 14.4. The highest BCUT2D eigenvalue weighted by Gasteiger charge is 2.20. The zero-order valence-electron chi connectivity index (χ0n) is 10.2. The number of hydrogen-bond acceptors (Lipinski definition) is 3. The van der Waals surface area contributed by atoms with Crippen LogP contribution in [0.4, 0.5) is 0 Å². The Kier molecular flexibility index (Phi) is 6.27. The first-order valence-electron chi connectivity index (χ1n) is 5.40. The van der Waals surface area contributed by atoms with Crippen molar-refractivity contribution in [1.29, 1.82) is 0 Å². The van der Waals surface area contributed by atoms with Crippen molar-refractivity contribution in [1.82, 2.24) is 4.90 Å². The lowest BCUT2D eigenvalue weighted by Gasteiger charge is -2.21. The predicted octanol–water partition coefficient (Wildman–Crippen LogP) is 2.28. The largest absolute Gasteiger partial charge is 0.480 e. The third-order valence-corrected chi connectivity index (χ3v) is 3.23. The molecule has 1 aromatic carbocycles. The third kappa shape index (κ3) is 4.81. The van der Waals surface area contributed by atoms with Crippen LogP contribution in [0.1, 0.15) is 10.4 Å². The number of benzene rings is 1. The average Bonchev–Trinajstić information content (AvgIpc) is 2.33. The molecule has 1 rings (SSSR count). The highest BCUT2D eigenvalue weighted by Crippen LogP contribution is 2.22. The van der Waals surface area contributed by atoms with Gasteiger partial charge in [-0.3, -0.25) is 9.59 Å². The maximum absolute atomic E-state index is 12.3. The molecule has 19 heavy (non-hydrogen) atoms. The Morgan fingerprint density at radius 3 is 2.68 bits per heavy atom. The molecule has 0 aliphatic carbocycles. The van der Waals surface area contributed by atoms with Gasteiger partial charge in [0.2, 0.25) is 0 Å². The van der Waals surface area contributed by atoms with Crippen LogP contribution in [0, 0.1) is 0 Å². The number of nitrogens with zero attached hydrogens (tertiary/aromatic N) is 1. The monoisotopic (exact) mass is 349 g/mol. The van der Waals surface area contributed by atoms with Crippen molar-refractivity contribution in [2.45, 2.75) is 0 Å². The van der Waals surface area contributed by atoms with Crippen molar-refractivity contribution in [2.75, 3.05) is 26.8 Å². The number of ether oxygens (including phenoxy) is 1. The summed E-state index contributed by atoms with van der Waals surface area (Å²) < 4.78 is 5.40. The van der Waals surface area contributed by atoms with Gasteiger partial charge >= 0.3 is 5.97 Å². The Morgan fingerprint density at radius 1 is 1.47 bits per heavy atom. The highest BCUT2D eigenvalue weighted by atomic mass is 79.9. The molecule has 0 radical (unpaired) electrons. The van der Waals surface area contributed by atoms with Crippen molar-refractivity contribution < 1.29 is 19.4 Å². The summed E-state index contributed by atoms with van der Waals surface area (Å²) >= 11 is 9.04. The summed E-state index contributed by atoms with van der Waals surface area (Å²) in [6.07, 6.45) is 0. The van der Waals surface area contributed by atoms with Crippen LogP contribution in [0.3, 0.4) is 0 Å². The Hall–Kier alpha value is -1.11. The predicted molar refractivity (Wildman–Crippen MR) is 74.6 cm³/mol. The van der Waals surface area contributed by atoms with E-state index in [2.05, 4.69) is 15.9 Å². The van der Waals surface area contributed by atoms with E-state index in [0.29, 0.717) is 15.1 Å². The molecule has 104 valence electrons. The fourth-order valence-electron chi connectivity index (χ4n) is 1.45. The summed E-state index contributed by atoms with van der Waals surface area (Å²) in [5, 5.41) is 9.32. The normalized spacial score (nSPS) is 10.3. The molecule has 5 nitrogen and oxygen atoms in total. The van der Waals surface area contributed by atoms with Gasteiger partial charge in [-0.1, -0.05) is 11.6 Å². The summed E-state index contributed by atoms with van der Waals surface area (Å²) in [5.41, 5.74) is 0.363. The Labute approximate surface area is 124 Å². The Balaban J connectivity index is 2.93. The van der Waals surface area contributed by atoms with E-state index < -0.39 is 5.97 Å². The van der Waals surface area contributed by atoms with Gasteiger partial charge in [0.15, 0.2) is 0 Å². The number of methoxy groups -OCH3 is 1. The molecular formula is C12H13BrClNO4. The molecule has 0 saturated carbocycles. The zero-order valence-corrected chi connectivity index (χ0v) is 12.6. The lowest BCUT2D eigenvalue weighted by Crippen LogP contribution is -2.38. The van der Waals surface area contributed by atoms with Crippen LogP contribution >= 0.6 is 27.5 Å². The topological polar surface area (TPSA) is 66.8 Å². The van der Waals surface area contributed by atoms with Gasteiger partial charge < -0.3 is 14.7 Å². The van der Waals surface area contributed by atoms with Crippen molar-refractivity contribution in [2.24, 2.45) is 0 Å². The van der Waals surface area contributed by atoms with Crippen molar-refractivity contribution >= 4 is 39.4 Å². The fourth-order valence-corrected chi connectivity index (χ4v) is 2.30. The number of carbonyl (C=O) groups is 2. The van der Waals surface area contributed by atoms with E-state index in [9.17, 15) is 9.59 Å². The average molecular weight is 351 g/mol. The van der Waals surface area contributed by atoms with Crippen molar-refractivity contribution in [3.63, 3.8) is 0 Å². The van der Waals surface area contributed by atoms with Crippen LogP contribution in [0.15, 0.2) is 22.7 Å². The number of amides is 1. The van der Waals surface area contributed by atoms with E-state index in [1.54, 1.807) is 18.2 Å². The molecule has 0 heterocycles. The number of halogens is 2. The molecular weight excluding hydrogens is 337 g/mol. The van der Waals surface area contributed by atoms with E-state index in [1.165, 1.54) is 12.0 Å². The lowest BCUT2D eigenvalue weighted by molar-refractivity contribution is -0.137. The number of carboxylic acids is 1. The van der Waals surface area contributed by atoms with E-state index >= 15 is 0 Å². The second-order valence-electron chi connectivity index (χ2n) is 3.74. The molecule has 0 spiro atoms. The van der Waals surface area contributed by atoms with E-state index in [0.717, 1.165) is 0 Å². The van der Waals surface area contributed by atoms with Crippen LogP contribution < -0.4 is 0 Å². The summed E-state index contributed by atoms with van der Waals surface area (Å²) in [7, 11) is 1.49. The van der Waals surface area contributed by atoms with E-state index in [1.807, 2.05) is 0 Å². The minimum atomic E-state index is -1.07. The first kappa shape index (κ1) is 15.9. The number of aliphatic carboxylic acids is 1. The lowest BCUT2D eigenvalue weighted by atomic mass is 10.2. The van der Waals surface area contributed by atoms with Gasteiger partial charge in [-0.25, -0.2) is 0 Å². The molecule has 1 aromatic rings. The van der Waals surface area contributed by atoms with Crippen LogP contribution in [0.5, 0.6) is 0 Å². The minimum Gasteiger partial charge on any atom is -0.480 e. The molecule has 1 amide bonds. The molecule has 0 aliphatic heterocycles. The van der Waals surface area contributed by atoms with Gasteiger partial charge in [-0.05, 0) is 34.1 Å². The number of carboxylic acid groups (broad SMARTS) is 1. The summed E-state index contributed by atoms with van der Waals surface area (Å²) in [5.74, 6) is -1.46. The summed E-state index contributed by atoms with van der Waals surface area (Å²) in [4.78, 5) is 24.2. The van der Waals surface area contributed by atoms with E-state index in [-0.39, 0.29) is 25.6 Å². The van der Waals surface area contributed by atoms with Gasteiger partial charge in [0.1, 0.15) is 6.54 Å². The molecule has 0 atom stereocenters. The van der Waals surface area contributed by atoms with Gasteiger partial charge in [0.05, 0.1) is 12.2 Å². The fraction of sp³-hybridized carbons (Fsp3) is 0.333. The second-order valence-corrected chi connectivity index (χ2v) is 5.03. The molecule has 0 fully saturated rings. The Bertz CT molecular complexity index is 481. The molecule has 0 aromatic heterocycles. The van der Waals surface area contributed by atoms with Gasteiger partial charge in [-0.15, -0.1) is 0 Å². The molecule has 1 N–H and O–H groups in total. The molecule has 0 bridgehead atoms. The second kappa shape index (κ2) is 7.47. The number of carbonyl (C=O) groups excluding carboxylic acids is 1. The first-order chi connectivity index (χ1) is 8.95. The van der Waals surface area contributed by atoms with Gasteiger partial charge in [-0.2, -0.15) is 0 Å².